The third kappa shape index (κ3) is 4.08. The number of hydrogen-bond donors (Lipinski definition) is 0. The number of ether oxygens (including phenoxy) is 2. The van der Waals surface area contributed by atoms with E-state index in [2.05, 4.69) is 0 Å². The predicted octanol–water partition coefficient (Wildman–Crippen LogP) is 4.02. The molecule has 1 aromatic heterocycles. The number of para-hydroxylation sites is 1. The molecule has 9 heteroatoms. The highest BCUT2D eigenvalue weighted by Gasteiger charge is 2.52. The Morgan fingerprint density at radius 2 is 1.39 bits per heavy atom. The molecule has 0 bridgehead atoms. The van der Waals surface area contributed by atoms with Crippen molar-refractivity contribution < 1.29 is 27.5 Å². The van der Waals surface area contributed by atoms with E-state index in [0.717, 1.165) is 22.0 Å². The molecule has 2 atom stereocenters. The van der Waals surface area contributed by atoms with E-state index < -0.39 is 33.9 Å². The molecule has 8 nitrogen and oxygen atoms in total. The third-order valence-corrected chi connectivity index (χ3v) is 9.13. The first-order valence-electron chi connectivity index (χ1n) is 12.2. The molecule has 0 N–H and O–H groups in total. The van der Waals surface area contributed by atoms with E-state index >= 15 is 0 Å². The summed E-state index contributed by atoms with van der Waals surface area (Å²) >= 11 is 0. The number of esters is 2. The van der Waals surface area contributed by atoms with Crippen LogP contribution in [0.2, 0.25) is 0 Å². The quantitative estimate of drug-likeness (QED) is 0.275. The van der Waals surface area contributed by atoms with E-state index in [1.165, 1.54) is 30.7 Å². The lowest BCUT2D eigenvalue weighted by molar-refractivity contribution is -0.161. The summed E-state index contributed by atoms with van der Waals surface area (Å²) in [6.07, 6.45) is 0. The molecule has 0 fully saturated rings. The predicted molar refractivity (Wildman–Crippen MR) is 142 cm³/mol. The van der Waals surface area contributed by atoms with Gasteiger partial charge < -0.3 is 14.0 Å². The van der Waals surface area contributed by atoms with Gasteiger partial charge in [0, 0.05) is 36.1 Å². The van der Waals surface area contributed by atoms with E-state index in [0.29, 0.717) is 5.69 Å². The molecule has 0 unspecified atom stereocenters. The smallest absolute Gasteiger partial charge is 0.322 e. The lowest BCUT2D eigenvalue weighted by Gasteiger charge is -2.41. The Morgan fingerprint density at radius 3 is 2.00 bits per heavy atom. The molecule has 5 rings (SSSR count). The molecule has 196 valence electrons. The van der Waals surface area contributed by atoms with Gasteiger partial charge in [-0.05, 0) is 29.3 Å². The van der Waals surface area contributed by atoms with Crippen molar-refractivity contribution in [3.05, 3.63) is 102 Å². The second kappa shape index (κ2) is 10.1. The molecule has 38 heavy (non-hydrogen) atoms. The number of aryl methyl sites for hydroxylation is 1. The standard InChI is InChI=1S/C29H28N2O6S/c1-30-23-17-11-10-16-21(23)24-22(19-12-6-4-7-13-19)18-31(38(34,35)20-14-8-5-9-15-20)27(26(24)30)25(28(32)36-2)29(33)37-3/h4-17,22,25,27H,18H2,1-3H3/t22-,27+/m1/s1. The van der Waals surface area contributed by atoms with E-state index in [9.17, 15) is 18.0 Å². The van der Waals surface area contributed by atoms with Gasteiger partial charge in [-0.1, -0.05) is 66.7 Å². The maximum absolute atomic E-state index is 14.2. The fraction of sp³-hybridized carbons (Fsp3) is 0.241. The van der Waals surface area contributed by atoms with E-state index in [4.69, 9.17) is 9.47 Å². The first kappa shape index (κ1) is 25.7. The van der Waals surface area contributed by atoms with Gasteiger partial charge in [-0.3, -0.25) is 9.59 Å². The highest BCUT2D eigenvalue weighted by molar-refractivity contribution is 7.89. The minimum Gasteiger partial charge on any atom is -0.468 e. The Balaban J connectivity index is 1.87. The van der Waals surface area contributed by atoms with Crippen molar-refractivity contribution in [2.75, 3.05) is 20.8 Å². The first-order chi connectivity index (χ1) is 18.3. The van der Waals surface area contributed by atoms with Gasteiger partial charge in [-0.25, -0.2) is 8.42 Å². The number of nitrogens with zero attached hydrogens (tertiary/aromatic N) is 2. The third-order valence-electron chi connectivity index (χ3n) is 7.27. The molecule has 0 saturated carbocycles. The van der Waals surface area contributed by atoms with Crippen molar-refractivity contribution in [1.82, 2.24) is 8.87 Å². The maximum Gasteiger partial charge on any atom is 0.322 e. The zero-order valence-corrected chi connectivity index (χ0v) is 22.1. The molecular formula is C29H28N2O6S. The zero-order valence-electron chi connectivity index (χ0n) is 21.3. The minimum atomic E-state index is -4.17. The number of rotatable bonds is 6. The van der Waals surface area contributed by atoms with Gasteiger partial charge >= 0.3 is 11.9 Å². The Bertz CT molecular complexity index is 1580. The number of sulfonamides is 1. The largest absolute Gasteiger partial charge is 0.468 e. The minimum absolute atomic E-state index is 0.0113. The van der Waals surface area contributed by atoms with Crippen molar-refractivity contribution in [2.24, 2.45) is 13.0 Å². The van der Waals surface area contributed by atoms with Gasteiger partial charge in [-0.15, -0.1) is 0 Å². The Hall–Kier alpha value is -3.95. The van der Waals surface area contributed by atoms with Crippen LogP contribution < -0.4 is 0 Å². The topological polar surface area (TPSA) is 94.9 Å². The monoisotopic (exact) mass is 532 g/mol. The Kier molecular flexibility index (Phi) is 6.81. The van der Waals surface area contributed by atoms with Crippen LogP contribution in [0, 0.1) is 5.92 Å². The van der Waals surface area contributed by atoms with E-state index in [1.807, 2.05) is 66.2 Å². The molecule has 0 spiro atoms. The lowest BCUT2D eigenvalue weighted by Crippen LogP contribution is -2.49. The molecule has 1 aliphatic heterocycles. The number of benzene rings is 3. The van der Waals surface area contributed by atoms with Crippen LogP contribution in [-0.2, 0) is 36.1 Å². The number of aromatic nitrogens is 1. The van der Waals surface area contributed by atoms with Crippen LogP contribution in [0.3, 0.4) is 0 Å². The summed E-state index contributed by atoms with van der Waals surface area (Å²) in [5.74, 6) is -3.64. The molecule has 0 saturated heterocycles. The average molecular weight is 533 g/mol. The summed E-state index contributed by atoms with van der Waals surface area (Å²) in [5, 5.41) is 0.925. The van der Waals surface area contributed by atoms with Gasteiger partial charge in [0.1, 0.15) is 0 Å². The van der Waals surface area contributed by atoms with Gasteiger partial charge in [0.25, 0.3) is 0 Å². The number of carbonyl (C=O) groups excluding carboxylic acids is 2. The molecule has 4 aromatic rings. The summed E-state index contributed by atoms with van der Waals surface area (Å²) in [6.45, 7) is 0.0113. The van der Waals surface area contributed by atoms with E-state index in [-0.39, 0.29) is 17.4 Å². The van der Waals surface area contributed by atoms with Crippen molar-refractivity contribution in [3.8, 4) is 0 Å². The second-order valence-electron chi connectivity index (χ2n) is 9.19. The fourth-order valence-corrected chi connectivity index (χ4v) is 7.19. The molecule has 2 heterocycles. The molecule has 1 aliphatic rings. The second-order valence-corrected chi connectivity index (χ2v) is 11.1. The van der Waals surface area contributed by atoms with Gasteiger partial charge in [0.2, 0.25) is 10.0 Å². The highest BCUT2D eigenvalue weighted by atomic mass is 32.2. The Morgan fingerprint density at radius 1 is 0.842 bits per heavy atom. The molecule has 0 radical (unpaired) electrons. The highest BCUT2D eigenvalue weighted by Crippen LogP contribution is 2.49. The van der Waals surface area contributed by atoms with Gasteiger partial charge in [0.05, 0.1) is 25.2 Å². The van der Waals surface area contributed by atoms with Crippen molar-refractivity contribution >= 4 is 32.9 Å². The van der Waals surface area contributed by atoms with Crippen molar-refractivity contribution in [2.45, 2.75) is 16.9 Å². The van der Waals surface area contributed by atoms with Crippen LogP contribution in [0.1, 0.15) is 28.8 Å². The number of carbonyl (C=O) groups is 2. The number of methoxy groups -OCH3 is 2. The SMILES string of the molecule is COC(=O)C(C(=O)OC)[C@H]1c2c(c3ccccc3n2C)[C@@H](c2ccccc2)CN1S(=O)(=O)c1ccccc1. The summed E-state index contributed by atoms with van der Waals surface area (Å²) in [7, 11) is -0.00731. The summed E-state index contributed by atoms with van der Waals surface area (Å²) in [4.78, 5) is 26.4. The van der Waals surface area contributed by atoms with Crippen LogP contribution in [0.15, 0.2) is 89.8 Å². The van der Waals surface area contributed by atoms with Gasteiger partial charge in [0.15, 0.2) is 5.92 Å². The lowest BCUT2D eigenvalue weighted by atomic mass is 9.81. The average Bonchev–Trinajstić information content (AvgIpc) is 3.26. The van der Waals surface area contributed by atoms with Gasteiger partial charge in [-0.2, -0.15) is 4.31 Å². The van der Waals surface area contributed by atoms with E-state index in [1.54, 1.807) is 18.2 Å². The molecule has 0 aliphatic carbocycles. The normalized spacial score (nSPS) is 17.8. The van der Waals surface area contributed by atoms with Crippen LogP contribution in [0.25, 0.3) is 10.9 Å². The fourth-order valence-electron chi connectivity index (χ4n) is 5.55. The van der Waals surface area contributed by atoms with Crippen LogP contribution in [0.4, 0.5) is 0 Å². The summed E-state index contributed by atoms with van der Waals surface area (Å²) in [5.41, 5.74) is 3.20. The molecule has 3 aromatic carbocycles. The molecule has 0 amide bonds. The number of hydrogen-bond acceptors (Lipinski definition) is 6. The Labute approximate surface area is 221 Å². The first-order valence-corrected chi connectivity index (χ1v) is 13.6. The maximum atomic E-state index is 14.2. The summed E-state index contributed by atoms with van der Waals surface area (Å²) < 4.78 is 41.7. The van der Waals surface area contributed by atoms with Crippen molar-refractivity contribution in [1.29, 1.82) is 0 Å². The van der Waals surface area contributed by atoms with Crippen LogP contribution >= 0.6 is 0 Å². The van der Waals surface area contributed by atoms with Crippen LogP contribution in [0.5, 0.6) is 0 Å². The zero-order chi connectivity index (χ0) is 27.0. The van der Waals surface area contributed by atoms with Crippen LogP contribution in [-0.4, -0.2) is 50.0 Å². The molecular weight excluding hydrogens is 504 g/mol. The van der Waals surface area contributed by atoms with Crippen molar-refractivity contribution in [3.63, 3.8) is 0 Å². The number of fused-ring (bicyclic) bond motifs is 3. The summed E-state index contributed by atoms with van der Waals surface area (Å²) in [6, 6.07) is 24.2.